The molecule has 3 aliphatic rings. The molecule has 0 radical (unpaired) electrons. The van der Waals surface area contributed by atoms with Crippen molar-refractivity contribution in [2.45, 2.75) is 58.5 Å². The number of phenols is 2. The molecule has 1 saturated carbocycles. The van der Waals surface area contributed by atoms with Crippen molar-refractivity contribution in [3.8, 4) is 17.2 Å². The van der Waals surface area contributed by atoms with Gasteiger partial charge in [0, 0.05) is 34.8 Å². The Morgan fingerprint density at radius 2 is 1.73 bits per heavy atom. The molecule has 1 aromatic carbocycles. The minimum atomic E-state index is -1.04. The summed E-state index contributed by atoms with van der Waals surface area (Å²) in [6.45, 7) is 6.96. The second-order valence-corrected chi connectivity index (χ2v) is 8.32. The van der Waals surface area contributed by atoms with E-state index in [4.69, 9.17) is 4.74 Å². The molecule has 26 heavy (non-hydrogen) atoms. The van der Waals surface area contributed by atoms with E-state index in [1.807, 2.05) is 6.92 Å². The zero-order valence-corrected chi connectivity index (χ0v) is 15.3. The van der Waals surface area contributed by atoms with Crippen LogP contribution in [0, 0.1) is 5.41 Å². The van der Waals surface area contributed by atoms with Gasteiger partial charge in [-0.05, 0) is 32.8 Å². The smallest absolute Gasteiger partial charge is 0.231 e. The van der Waals surface area contributed by atoms with Crippen LogP contribution in [-0.4, -0.2) is 33.0 Å². The lowest BCUT2D eigenvalue weighted by atomic mass is 9.54. The summed E-state index contributed by atoms with van der Waals surface area (Å²) in [5.41, 5.74) is -1.13. The predicted octanol–water partition coefficient (Wildman–Crippen LogP) is 3.08. The summed E-state index contributed by atoms with van der Waals surface area (Å²) in [4.78, 5) is 25.4. The van der Waals surface area contributed by atoms with Crippen molar-refractivity contribution >= 4 is 11.6 Å². The SMILES string of the molecule is CC1Cc2c(O)c3c(c(O)c2O1)C1(C)CCC(=O)C(C)(C)C1=C(O)C3=O. The number of ether oxygens (including phenoxy) is 1. The fourth-order valence-corrected chi connectivity index (χ4v) is 5.03. The molecule has 4 rings (SSSR count). The van der Waals surface area contributed by atoms with Crippen LogP contribution in [0.1, 0.15) is 62.0 Å². The van der Waals surface area contributed by atoms with Crippen molar-refractivity contribution in [1.29, 1.82) is 0 Å². The van der Waals surface area contributed by atoms with Crippen LogP contribution in [0.5, 0.6) is 17.2 Å². The average molecular weight is 358 g/mol. The van der Waals surface area contributed by atoms with Crippen LogP contribution in [-0.2, 0) is 16.6 Å². The number of aromatic hydroxyl groups is 2. The molecule has 1 heterocycles. The van der Waals surface area contributed by atoms with Crippen LogP contribution in [0.15, 0.2) is 11.3 Å². The molecule has 1 fully saturated rings. The number of carbonyl (C=O) groups is 2. The number of ketones is 2. The molecule has 0 spiro atoms. The van der Waals surface area contributed by atoms with Crippen LogP contribution >= 0.6 is 0 Å². The van der Waals surface area contributed by atoms with Crippen molar-refractivity contribution < 1.29 is 29.6 Å². The first-order valence-electron chi connectivity index (χ1n) is 8.82. The Morgan fingerprint density at radius 1 is 1.08 bits per heavy atom. The number of hydrogen-bond acceptors (Lipinski definition) is 6. The summed E-state index contributed by atoms with van der Waals surface area (Å²) in [6, 6.07) is 0. The second kappa shape index (κ2) is 4.81. The average Bonchev–Trinajstić information content (AvgIpc) is 2.95. The van der Waals surface area contributed by atoms with Gasteiger partial charge in [0.05, 0.1) is 5.56 Å². The van der Waals surface area contributed by atoms with Gasteiger partial charge in [0.2, 0.25) is 5.78 Å². The minimum absolute atomic E-state index is 0.0671. The largest absolute Gasteiger partial charge is 0.507 e. The zero-order chi connectivity index (χ0) is 19.2. The summed E-state index contributed by atoms with van der Waals surface area (Å²) in [6.07, 6.45) is 0.713. The van der Waals surface area contributed by atoms with Gasteiger partial charge in [-0.25, -0.2) is 0 Å². The second-order valence-electron chi connectivity index (χ2n) is 8.32. The van der Waals surface area contributed by atoms with Crippen molar-refractivity contribution in [3.63, 3.8) is 0 Å². The number of carbonyl (C=O) groups excluding carboxylic acids is 2. The fourth-order valence-electron chi connectivity index (χ4n) is 5.03. The van der Waals surface area contributed by atoms with E-state index in [1.54, 1.807) is 20.8 Å². The molecule has 6 heteroatoms. The van der Waals surface area contributed by atoms with Gasteiger partial charge in [-0.1, -0.05) is 6.92 Å². The van der Waals surface area contributed by atoms with E-state index in [2.05, 4.69) is 0 Å². The number of allylic oxidation sites excluding steroid dienone is 2. The number of aliphatic hydroxyl groups is 1. The maximum absolute atomic E-state index is 12.9. The van der Waals surface area contributed by atoms with Crippen LogP contribution in [0.3, 0.4) is 0 Å². The number of Topliss-reactive ketones (excluding diaryl/α,β-unsaturated/α-hetero) is 2. The molecule has 2 aliphatic carbocycles. The highest BCUT2D eigenvalue weighted by Crippen LogP contribution is 2.61. The molecule has 3 N–H and O–H groups in total. The van der Waals surface area contributed by atoms with E-state index in [0.717, 1.165) is 0 Å². The zero-order valence-electron chi connectivity index (χ0n) is 15.3. The third-order valence-electron chi connectivity index (χ3n) is 6.27. The molecule has 2 unspecified atom stereocenters. The lowest BCUT2D eigenvalue weighted by molar-refractivity contribution is -0.127. The summed E-state index contributed by atoms with van der Waals surface area (Å²) in [7, 11) is 0. The first kappa shape index (κ1) is 16.9. The Kier molecular flexibility index (Phi) is 3.13. The Labute approximate surface area is 151 Å². The summed E-state index contributed by atoms with van der Waals surface area (Å²) >= 11 is 0. The maximum Gasteiger partial charge on any atom is 0.231 e. The van der Waals surface area contributed by atoms with E-state index in [0.29, 0.717) is 24.0 Å². The highest BCUT2D eigenvalue weighted by molar-refractivity contribution is 6.14. The highest BCUT2D eigenvalue weighted by atomic mass is 16.5. The topological polar surface area (TPSA) is 104 Å². The normalized spacial score (nSPS) is 29.2. The summed E-state index contributed by atoms with van der Waals surface area (Å²) in [5, 5.41) is 32.4. The lowest BCUT2D eigenvalue weighted by Crippen LogP contribution is -2.47. The number of hydrogen-bond donors (Lipinski definition) is 3. The first-order chi connectivity index (χ1) is 12.0. The highest BCUT2D eigenvalue weighted by Gasteiger charge is 2.56. The van der Waals surface area contributed by atoms with Crippen LogP contribution in [0.25, 0.3) is 0 Å². The van der Waals surface area contributed by atoms with Gasteiger partial charge in [-0.3, -0.25) is 9.59 Å². The van der Waals surface area contributed by atoms with E-state index in [1.165, 1.54) is 0 Å². The Morgan fingerprint density at radius 3 is 2.38 bits per heavy atom. The predicted molar refractivity (Wildman–Crippen MR) is 92.9 cm³/mol. The molecule has 0 amide bonds. The molecule has 2 atom stereocenters. The van der Waals surface area contributed by atoms with E-state index >= 15 is 0 Å². The van der Waals surface area contributed by atoms with Gasteiger partial charge in [0.25, 0.3) is 0 Å². The van der Waals surface area contributed by atoms with Crippen molar-refractivity contribution in [2.24, 2.45) is 5.41 Å². The molecule has 6 nitrogen and oxygen atoms in total. The van der Waals surface area contributed by atoms with E-state index in [-0.39, 0.29) is 46.7 Å². The van der Waals surface area contributed by atoms with E-state index in [9.17, 15) is 24.9 Å². The van der Waals surface area contributed by atoms with Gasteiger partial charge < -0.3 is 20.1 Å². The number of benzene rings is 1. The molecular weight excluding hydrogens is 336 g/mol. The Hall–Kier alpha value is -2.50. The van der Waals surface area contributed by atoms with Crippen LogP contribution in [0.4, 0.5) is 0 Å². The van der Waals surface area contributed by atoms with Crippen molar-refractivity contribution in [3.05, 3.63) is 28.0 Å². The summed E-state index contributed by atoms with van der Waals surface area (Å²) < 4.78 is 5.68. The molecule has 1 aliphatic heterocycles. The summed E-state index contributed by atoms with van der Waals surface area (Å²) in [5.74, 6) is -1.56. The molecule has 0 bridgehead atoms. The lowest BCUT2D eigenvalue weighted by Gasteiger charge is -2.48. The minimum Gasteiger partial charge on any atom is -0.507 e. The van der Waals surface area contributed by atoms with Crippen molar-refractivity contribution in [2.75, 3.05) is 0 Å². The Balaban J connectivity index is 2.10. The monoisotopic (exact) mass is 358 g/mol. The standard InChI is InChI=1S/C20H22O6/c1-8-7-9-13(22)11-12(15(24)17(9)26-8)20(4)6-5-10(21)19(2,3)18(20)16(25)14(11)23/h8,22,24-25H,5-7H2,1-4H3. The number of fused-ring (bicyclic) bond motifs is 4. The fraction of sp³-hybridized carbons (Fsp3) is 0.500. The quantitative estimate of drug-likeness (QED) is 0.616. The molecular formula is C20H22O6. The van der Waals surface area contributed by atoms with E-state index < -0.39 is 22.4 Å². The molecule has 0 aromatic heterocycles. The first-order valence-corrected chi connectivity index (χ1v) is 8.82. The van der Waals surface area contributed by atoms with Gasteiger partial charge >= 0.3 is 0 Å². The van der Waals surface area contributed by atoms with Crippen molar-refractivity contribution in [1.82, 2.24) is 0 Å². The third kappa shape index (κ3) is 1.77. The van der Waals surface area contributed by atoms with Crippen LogP contribution in [0.2, 0.25) is 0 Å². The van der Waals surface area contributed by atoms with Crippen LogP contribution < -0.4 is 4.74 Å². The number of aliphatic hydroxyl groups excluding tert-OH is 1. The van der Waals surface area contributed by atoms with Gasteiger partial charge in [-0.2, -0.15) is 0 Å². The van der Waals surface area contributed by atoms with Gasteiger partial charge in [-0.15, -0.1) is 0 Å². The van der Waals surface area contributed by atoms with Gasteiger partial charge in [0.15, 0.2) is 17.3 Å². The maximum atomic E-state index is 12.9. The van der Waals surface area contributed by atoms with Gasteiger partial charge in [0.1, 0.15) is 17.6 Å². The third-order valence-corrected chi connectivity index (χ3v) is 6.27. The Bertz CT molecular complexity index is 923. The molecule has 138 valence electrons. The molecule has 0 saturated heterocycles. The number of rotatable bonds is 0. The number of phenolic OH excluding ortho intramolecular Hbond substituents is 2. The molecule has 1 aromatic rings.